The van der Waals surface area contributed by atoms with Crippen LogP contribution in [0.2, 0.25) is 0 Å². The molecule has 0 unspecified atom stereocenters. The molecule has 2 aromatic heterocycles. The van der Waals surface area contributed by atoms with E-state index in [2.05, 4.69) is 10.3 Å². The number of rotatable bonds is 2. The Labute approximate surface area is 97.5 Å². The fraction of sp³-hybridized carbons (Fsp3) is 0. The largest absolute Gasteiger partial charge is 0.381 e. The average molecular weight is 226 g/mol. The zero-order valence-electron chi connectivity index (χ0n) is 8.95. The summed E-state index contributed by atoms with van der Waals surface area (Å²) in [6, 6.07) is 11.4. The maximum absolute atomic E-state index is 5.53. The summed E-state index contributed by atoms with van der Waals surface area (Å²) >= 11 is 0. The number of nitrogens with zero attached hydrogens (tertiary/aromatic N) is 3. The van der Waals surface area contributed by atoms with Gasteiger partial charge in [0.05, 0.1) is 5.69 Å². The maximum Gasteiger partial charge on any atom is 0.169 e. The molecule has 84 valence electrons. The van der Waals surface area contributed by atoms with Gasteiger partial charge in [-0.15, -0.1) is 0 Å². The van der Waals surface area contributed by atoms with E-state index in [1.807, 2.05) is 36.5 Å². The minimum Gasteiger partial charge on any atom is -0.381 e. The Morgan fingerprint density at radius 2 is 2.12 bits per heavy atom. The first-order valence-corrected chi connectivity index (χ1v) is 5.15. The van der Waals surface area contributed by atoms with Crippen LogP contribution in [0.1, 0.15) is 0 Å². The molecule has 5 heteroatoms. The van der Waals surface area contributed by atoms with E-state index in [9.17, 15) is 0 Å². The van der Waals surface area contributed by atoms with Gasteiger partial charge in [-0.2, -0.15) is 5.10 Å². The molecular formula is C12H10N4O. The monoisotopic (exact) mass is 226 g/mol. The second kappa shape index (κ2) is 3.79. The minimum atomic E-state index is 0.379. The van der Waals surface area contributed by atoms with Crippen molar-refractivity contribution in [3.05, 3.63) is 48.8 Å². The summed E-state index contributed by atoms with van der Waals surface area (Å²) in [4.78, 5) is 0. The number of benzene rings is 1. The standard InChI is InChI=1S/C12H10N4O/c13-12-8-11(17-15-12)9-3-1-4-10(7-9)16-6-2-5-14-16/h1-8H,(H2,13,15). The molecule has 0 saturated heterocycles. The fourth-order valence-corrected chi connectivity index (χ4v) is 1.65. The van der Waals surface area contributed by atoms with Crippen LogP contribution in [0.15, 0.2) is 53.3 Å². The van der Waals surface area contributed by atoms with Gasteiger partial charge in [-0.3, -0.25) is 0 Å². The van der Waals surface area contributed by atoms with Crippen molar-refractivity contribution in [2.45, 2.75) is 0 Å². The van der Waals surface area contributed by atoms with E-state index in [4.69, 9.17) is 10.3 Å². The molecule has 17 heavy (non-hydrogen) atoms. The third-order valence-electron chi connectivity index (χ3n) is 2.43. The van der Waals surface area contributed by atoms with Crippen molar-refractivity contribution in [3.8, 4) is 17.0 Å². The number of anilines is 1. The molecular weight excluding hydrogens is 216 g/mol. The van der Waals surface area contributed by atoms with Crippen LogP contribution >= 0.6 is 0 Å². The summed E-state index contributed by atoms with van der Waals surface area (Å²) in [6.07, 6.45) is 3.62. The first kappa shape index (κ1) is 9.65. The van der Waals surface area contributed by atoms with Gasteiger partial charge in [0.2, 0.25) is 0 Å². The smallest absolute Gasteiger partial charge is 0.169 e. The number of nitrogens with two attached hydrogens (primary N) is 1. The van der Waals surface area contributed by atoms with Crippen molar-refractivity contribution in [2.24, 2.45) is 0 Å². The van der Waals surface area contributed by atoms with Crippen molar-refractivity contribution in [3.63, 3.8) is 0 Å². The zero-order valence-corrected chi connectivity index (χ0v) is 8.95. The SMILES string of the molecule is Nc1cc(-c2cccc(-n3cccn3)c2)on1. The summed E-state index contributed by atoms with van der Waals surface area (Å²) < 4.78 is 6.90. The molecule has 0 spiro atoms. The van der Waals surface area contributed by atoms with Crippen molar-refractivity contribution < 1.29 is 4.52 Å². The van der Waals surface area contributed by atoms with E-state index in [0.717, 1.165) is 11.3 Å². The van der Waals surface area contributed by atoms with E-state index in [-0.39, 0.29) is 0 Å². The molecule has 0 bridgehead atoms. The fourth-order valence-electron chi connectivity index (χ4n) is 1.65. The molecule has 0 amide bonds. The highest BCUT2D eigenvalue weighted by atomic mass is 16.5. The van der Waals surface area contributed by atoms with Crippen LogP contribution in [-0.2, 0) is 0 Å². The lowest BCUT2D eigenvalue weighted by atomic mass is 10.1. The Kier molecular flexibility index (Phi) is 2.15. The average Bonchev–Trinajstić information content (AvgIpc) is 3.00. The highest BCUT2D eigenvalue weighted by molar-refractivity contribution is 5.62. The molecule has 2 heterocycles. The van der Waals surface area contributed by atoms with Crippen LogP contribution in [-0.4, -0.2) is 14.9 Å². The van der Waals surface area contributed by atoms with Gasteiger partial charge in [0.15, 0.2) is 11.6 Å². The van der Waals surface area contributed by atoms with Crippen molar-refractivity contribution in [1.82, 2.24) is 14.9 Å². The van der Waals surface area contributed by atoms with Crippen LogP contribution in [0.4, 0.5) is 5.82 Å². The molecule has 0 radical (unpaired) electrons. The Morgan fingerprint density at radius 3 is 2.82 bits per heavy atom. The zero-order chi connectivity index (χ0) is 11.7. The summed E-state index contributed by atoms with van der Waals surface area (Å²) in [7, 11) is 0. The number of hydrogen-bond donors (Lipinski definition) is 1. The first-order valence-electron chi connectivity index (χ1n) is 5.15. The van der Waals surface area contributed by atoms with Gasteiger partial charge in [-0.25, -0.2) is 4.68 Å². The van der Waals surface area contributed by atoms with Gasteiger partial charge in [0, 0.05) is 24.0 Å². The second-order valence-electron chi connectivity index (χ2n) is 3.62. The van der Waals surface area contributed by atoms with Crippen LogP contribution < -0.4 is 5.73 Å². The van der Waals surface area contributed by atoms with Gasteiger partial charge >= 0.3 is 0 Å². The van der Waals surface area contributed by atoms with Gasteiger partial charge < -0.3 is 10.3 Å². The highest BCUT2D eigenvalue weighted by Gasteiger charge is 2.06. The highest BCUT2D eigenvalue weighted by Crippen LogP contribution is 2.23. The summed E-state index contributed by atoms with van der Waals surface area (Å²) in [6.45, 7) is 0. The quantitative estimate of drug-likeness (QED) is 0.726. The van der Waals surface area contributed by atoms with Gasteiger partial charge in [-0.1, -0.05) is 17.3 Å². The van der Waals surface area contributed by atoms with Crippen molar-refractivity contribution in [2.75, 3.05) is 5.73 Å². The maximum atomic E-state index is 5.53. The molecule has 0 aliphatic carbocycles. The van der Waals surface area contributed by atoms with Gasteiger partial charge in [0.1, 0.15) is 0 Å². The summed E-state index contributed by atoms with van der Waals surface area (Å²) in [5.41, 5.74) is 7.41. The first-order chi connectivity index (χ1) is 8.33. The summed E-state index contributed by atoms with van der Waals surface area (Å²) in [5, 5.41) is 7.84. The molecule has 2 N–H and O–H groups in total. The minimum absolute atomic E-state index is 0.379. The molecule has 0 aliphatic rings. The molecule has 0 atom stereocenters. The Bertz CT molecular complexity index is 628. The van der Waals surface area contributed by atoms with Crippen LogP contribution in [0.5, 0.6) is 0 Å². The molecule has 3 rings (SSSR count). The number of hydrogen-bond acceptors (Lipinski definition) is 4. The predicted molar refractivity (Wildman–Crippen MR) is 63.5 cm³/mol. The van der Waals surface area contributed by atoms with E-state index >= 15 is 0 Å². The lowest BCUT2D eigenvalue weighted by molar-refractivity contribution is 0.436. The van der Waals surface area contributed by atoms with Crippen LogP contribution in [0.3, 0.4) is 0 Å². The van der Waals surface area contributed by atoms with E-state index in [1.165, 1.54) is 0 Å². The molecule has 5 nitrogen and oxygen atoms in total. The predicted octanol–water partition coefficient (Wildman–Crippen LogP) is 2.11. The Morgan fingerprint density at radius 1 is 1.18 bits per heavy atom. The molecule has 1 aromatic carbocycles. The normalized spacial score (nSPS) is 10.6. The van der Waals surface area contributed by atoms with Gasteiger partial charge in [0.25, 0.3) is 0 Å². The third-order valence-corrected chi connectivity index (χ3v) is 2.43. The molecule has 0 aliphatic heterocycles. The topological polar surface area (TPSA) is 69.9 Å². The van der Waals surface area contributed by atoms with Crippen molar-refractivity contribution >= 4 is 5.82 Å². The molecule has 0 fully saturated rings. The molecule has 3 aromatic rings. The Balaban J connectivity index is 2.05. The van der Waals surface area contributed by atoms with Crippen LogP contribution in [0, 0.1) is 0 Å². The lowest BCUT2D eigenvalue weighted by Gasteiger charge is -2.02. The second-order valence-corrected chi connectivity index (χ2v) is 3.62. The van der Waals surface area contributed by atoms with E-state index in [0.29, 0.717) is 11.6 Å². The van der Waals surface area contributed by atoms with Crippen molar-refractivity contribution in [1.29, 1.82) is 0 Å². The third kappa shape index (κ3) is 1.78. The van der Waals surface area contributed by atoms with Gasteiger partial charge in [-0.05, 0) is 18.2 Å². The molecule has 0 saturated carbocycles. The summed E-state index contributed by atoms with van der Waals surface area (Å²) in [5.74, 6) is 1.03. The number of nitrogen functional groups attached to an aromatic ring is 1. The number of aromatic nitrogens is 3. The lowest BCUT2D eigenvalue weighted by Crippen LogP contribution is -1.93. The Hall–Kier alpha value is -2.56. The van der Waals surface area contributed by atoms with E-state index < -0.39 is 0 Å². The van der Waals surface area contributed by atoms with E-state index in [1.54, 1.807) is 16.9 Å². The van der Waals surface area contributed by atoms with Crippen LogP contribution in [0.25, 0.3) is 17.0 Å².